The molecule has 1 aromatic heterocycles. The van der Waals surface area contributed by atoms with Gasteiger partial charge in [0.15, 0.2) is 5.76 Å². The average Bonchev–Trinajstić information content (AvgIpc) is 3.14. The lowest BCUT2D eigenvalue weighted by Gasteiger charge is -2.13. The van der Waals surface area contributed by atoms with Crippen molar-refractivity contribution < 1.29 is 14.1 Å². The number of rotatable bonds is 6. The molecule has 3 N–H and O–H groups in total. The van der Waals surface area contributed by atoms with Crippen LogP contribution >= 0.6 is 0 Å². The van der Waals surface area contributed by atoms with Crippen LogP contribution in [0.4, 0.5) is 17.1 Å². The van der Waals surface area contributed by atoms with Crippen LogP contribution in [0.2, 0.25) is 0 Å². The van der Waals surface area contributed by atoms with Gasteiger partial charge in [0.1, 0.15) is 5.76 Å². The second-order valence-electron chi connectivity index (χ2n) is 7.13. The van der Waals surface area contributed by atoms with E-state index in [4.69, 9.17) is 4.42 Å². The molecule has 31 heavy (non-hydrogen) atoms. The van der Waals surface area contributed by atoms with Gasteiger partial charge in [0, 0.05) is 29.7 Å². The molecular weight excluding hydrogens is 398 g/mol. The maximum absolute atomic E-state index is 12.7. The molecule has 0 atom stereocenters. The Morgan fingerprint density at radius 2 is 1.81 bits per heavy atom. The third-order valence-electron chi connectivity index (χ3n) is 5.02. The number of fused-ring (bicyclic) bond motifs is 1. The van der Waals surface area contributed by atoms with Gasteiger partial charge in [0.25, 0.3) is 5.69 Å². The van der Waals surface area contributed by atoms with E-state index in [-0.39, 0.29) is 17.4 Å². The van der Waals surface area contributed by atoms with Crippen molar-refractivity contribution in [3.8, 4) is 0 Å². The molecule has 2 aromatic carbocycles. The molecule has 0 bridgehead atoms. The number of aryl methyl sites for hydroxylation is 1. The molecule has 1 amide bonds. The quantitative estimate of drug-likeness (QED) is 0.402. The van der Waals surface area contributed by atoms with E-state index in [1.807, 2.05) is 37.3 Å². The predicted molar refractivity (Wildman–Crippen MR) is 117 cm³/mol. The molecular formula is C22H21N5O4. The van der Waals surface area contributed by atoms with Crippen LogP contribution < -0.4 is 16.3 Å². The zero-order valence-electron chi connectivity index (χ0n) is 16.8. The first kappa shape index (κ1) is 20.1. The number of carbonyl (C=O) groups is 1. The number of nitro benzene ring substituents is 1. The smallest absolute Gasteiger partial charge is 0.305 e. The lowest BCUT2D eigenvalue weighted by molar-refractivity contribution is -0.384. The molecule has 9 nitrogen and oxygen atoms in total. The number of hydrogen-bond acceptors (Lipinski definition) is 7. The van der Waals surface area contributed by atoms with Gasteiger partial charge < -0.3 is 4.42 Å². The van der Waals surface area contributed by atoms with Crippen molar-refractivity contribution in [2.75, 3.05) is 10.9 Å². The van der Waals surface area contributed by atoms with Crippen LogP contribution in [-0.2, 0) is 6.42 Å². The number of hydrogen-bond donors (Lipinski definition) is 3. The van der Waals surface area contributed by atoms with Gasteiger partial charge in [-0.3, -0.25) is 31.2 Å². The summed E-state index contributed by atoms with van der Waals surface area (Å²) in [5.41, 5.74) is 12.2. The number of non-ortho nitro benzene ring substituents is 1. The SMILES string of the molecule is Cc1c(C(=O)NNc2ccccc2)oc2c1/C(=N/Nc1ccc([N+](=O)[O-])cc1)CCC2. The molecule has 4 rings (SSSR count). The minimum Gasteiger partial charge on any atom is -0.455 e. The highest BCUT2D eigenvalue weighted by molar-refractivity contribution is 6.06. The van der Waals surface area contributed by atoms with Crippen molar-refractivity contribution in [2.45, 2.75) is 26.2 Å². The maximum Gasteiger partial charge on any atom is 0.305 e. The number of hydrazine groups is 1. The molecule has 3 aromatic rings. The third-order valence-corrected chi connectivity index (χ3v) is 5.02. The first-order valence-electron chi connectivity index (χ1n) is 9.84. The van der Waals surface area contributed by atoms with E-state index in [0.717, 1.165) is 47.5 Å². The predicted octanol–water partition coefficient (Wildman–Crippen LogP) is 4.41. The molecule has 0 unspecified atom stereocenters. The van der Waals surface area contributed by atoms with Gasteiger partial charge in [-0.2, -0.15) is 5.10 Å². The zero-order chi connectivity index (χ0) is 21.8. The number of para-hydroxylation sites is 1. The van der Waals surface area contributed by atoms with Gasteiger partial charge in [-0.1, -0.05) is 18.2 Å². The Hall–Kier alpha value is -4.14. The maximum atomic E-state index is 12.7. The molecule has 9 heteroatoms. The molecule has 0 fully saturated rings. The molecule has 0 aliphatic heterocycles. The highest BCUT2D eigenvalue weighted by atomic mass is 16.6. The minimum atomic E-state index is -0.447. The van der Waals surface area contributed by atoms with Gasteiger partial charge in [-0.25, -0.2) is 0 Å². The second kappa shape index (κ2) is 8.70. The average molecular weight is 419 g/mol. The zero-order valence-corrected chi connectivity index (χ0v) is 16.8. The van der Waals surface area contributed by atoms with E-state index < -0.39 is 4.92 Å². The summed E-state index contributed by atoms with van der Waals surface area (Å²) in [4.78, 5) is 23.0. The topological polar surface area (TPSA) is 122 Å². The van der Waals surface area contributed by atoms with Crippen LogP contribution in [0.25, 0.3) is 0 Å². The number of carbonyl (C=O) groups excluding carboxylic acids is 1. The number of benzene rings is 2. The van der Waals surface area contributed by atoms with Crippen LogP contribution in [0.1, 0.15) is 40.3 Å². The molecule has 158 valence electrons. The number of amides is 1. The molecule has 1 aliphatic rings. The Bertz CT molecular complexity index is 1140. The Labute approximate surface area is 178 Å². The van der Waals surface area contributed by atoms with Crippen molar-refractivity contribution in [2.24, 2.45) is 5.10 Å². The van der Waals surface area contributed by atoms with Crippen molar-refractivity contribution in [1.82, 2.24) is 5.43 Å². The molecule has 0 radical (unpaired) electrons. The third kappa shape index (κ3) is 4.40. The fourth-order valence-corrected chi connectivity index (χ4v) is 3.49. The van der Waals surface area contributed by atoms with Crippen LogP contribution in [-0.4, -0.2) is 16.5 Å². The molecule has 0 saturated heterocycles. The van der Waals surface area contributed by atoms with Gasteiger partial charge in [-0.05, 0) is 44.0 Å². The van der Waals surface area contributed by atoms with E-state index in [9.17, 15) is 14.9 Å². The van der Waals surface area contributed by atoms with E-state index in [1.165, 1.54) is 12.1 Å². The largest absolute Gasteiger partial charge is 0.455 e. The molecule has 1 heterocycles. The standard InChI is InChI=1S/C22H21N5O4/c1-14-20-18(25-23-16-10-12-17(13-11-16)27(29)30)8-5-9-19(20)31-21(14)22(28)26-24-15-6-3-2-4-7-15/h2-4,6-7,10-13,23-24H,5,8-9H2,1H3,(H,26,28)/b25-18+. The second-order valence-corrected chi connectivity index (χ2v) is 7.13. The summed E-state index contributed by atoms with van der Waals surface area (Å²) in [7, 11) is 0. The Morgan fingerprint density at radius 3 is 2.52 bits per heavy atom. The molecule has 0 saturated carbocycles. The van der Waals surface area contributed by atoms with E-state index >= 15 is 0 Å². The summed E-state index contributed by atoms with van der Waals surface area (Å²) in [6.07, 6.45) is 2.31. The lowest BCUT2D eigenvalue weighted by atomic mass is 9.93. The van der Waals surface area contributed by atoms with E-state index in [1.54, 1.807) is 12.1 Å². The van der Waals surface area contributed by atoms with Crippen LogP contribution in [0, 0.1) is 17.0 Å². The Morgan fingerprint density at radius 1 is 1.06 bits per heavy atom. The van der Waals surface area contributed by atoms with Gasteiger partial charge in [-0.15, -0.1) is 0 Å². The van der Waals surface area contributed by atoms with Crippen molar-refractivity contribution >= 4 is 28.7 Å². The fourth-order valence-electron chi connectivity index (χ4n) is 3.49. The van der Waals surface area contributed by atoms with Crippen LogP contribution in [0.15, 0.2) is 64.1 Å². The van der Waals surface area contributed by atoms with E-state index in [2.05, 4.69) is 21.4 Å². The van der Waals surface area contributed by atoms with Crippen molar-refractivity contribution in [3.05, 3.63) is 87.4 Å². The van der Waals surface area contributed by atoms with Crippen LogP contribution in [0.3, 0.4) is 0 Å². The number of nitro groups is 1. The number of furan rings is 1. The summed E-state index contributed by atoms with van der Waals surface area (Å²) >= 11 is 0. The lowest BCUT2D eigenvalue weighted by Crippen LogP contribution is -2.29. The summed E-state index contributed by atoms with van der Waals surface area (Å²) in [6, 6.07) is 15.3. The monoisotopic (exact) mass is 419 g/mol. The van der Waals surface area contributed by atoms with E-state index in [0.29, 0.717) is 5.69 Å². The Balaban J connectivity index is 1.51. The summed E-state index contributed by atoms with van der Waals surface area (Å²) in [5.74, 6) is 0.620. The summed E-state index contributed by atoms with van der Waals surface area (Å²) in [6.45, 7) is 1.84. The van der Waals surface area contributed by atoms with Gasteiger partial charge in [0.2, 0.25) is 0 Å². The Kier molecular flexibility index (Phi) is 5.65. The highest BCUT2D eigenvalue weighted by Gasteiger charge is 2.28. The summed E-state index contributed by atoms with van der Waals surface area (Å²) in [5, 5.41) is 15.3. The van der Waals surface area contributed by atoms with Crippen molar-refractivity contribution in [3.63, 3.8) is 0 Å². The first-order valence-corrected chi connectivity index (χ1v) is 9.84. The number of nitrogens with zero attached hydrogens (tertiary/aromatic N) is 2. The minimum absolute atomic E-state index is 0.0172. The summed E-state index contributed by atoms with van der Waals surface area (Å²) < 4.78 is 5.88. The number of hydrazone groups is 1. The van der Waals surface area contributed by atoms with Crippen LogP contribution in [0.5, 0.6) is 0 Å². The molecule has 1 aliphatic carbocycles. The normalized spacial score (nSPS) is 14.0. The fraction of sp³-hybridized carbons (Fsp3) is 0.182. The highest BCUT2D eigenvalue weighted by Crippen LogP contribution is 2.30. The van der Waals surface area contributed by atoms with Gasteiger partial charge in [0.05, 0.1) is 22.0 Å². The first-order chi connectivity index (χ1) is 15.0. The van der Waals surface area contributed by atoms with Gasteiger partial charge >= 0.3 is 5.91 Å². The number of nitrogens with one attached hydrogen (secondary N) is 3. The number of anilines is 2. The van der Waals surface area contributed by atoms with Crippen molar-refractivity contribution in [1.29, 1.82) is 0 Å². The molecule has 0 spiro atoms.